The summed E-state index contributed by atoms with van der Waals surface area (Å²) in [6.45, 7) is 6.27. The molecule has 0 spiro atoms. The van der Waals surface area contributed by atoms with Crippen molar-refractivity contribution in [3.63, 3.8) is 0 Å². The van der Waals surface area contributed by atoms with Crippen molar-refractivity contribution in [2.45, 2.75) is 61.0 Å². The number of oxazole rings is 1. The topological polar surface area (TPSA) is 139 Å². The molecule has 8 rings (SSSR count). The molecule has 1 aliphatic carbocycles. The summed E-state index contributed by atoms with van der Waals surface area (Å²) in [5.41, 5.74) is 4.95. The van der Waals surface area contributed by atoms with E-state index in [-0.39, 0.29) is 27.2 Å². The molecule has 0 saturated carbocycles. The van der Waals surface area contributed by atoms with Gasteiger partial charge in [-0.1, -0.05) is 5.57 Å². The van der Waals surface area contributed by atoms with Crippen molar-refractivity contribution >= 4 is 55.1 Å². The van der Waals surface area contributed by atoms with Crippen LogP contribution in [0.15, 0.2) is 78.7 Å². The predicted octanol–water partition coefficient (Wildman–Crippen LogP) is 5.10. The first kappa shape index (κ1) is 30.0. The molecular weight excluding hydrogens is 637 g/mol. The van der Waals surface area contributed by atoms with Crippen molar-refractivity contribution in [2.24, 2.45) is 0 Å². The van der Waals surface area contributed by atoms with Crippen LogP contribution in [-0.4, -0.2) is 70.0 Å². The fraction of sp³-hybridized carbons (Fsp3) is 0.364. The molecule has 1 unspecified atom stereocenters. The van der Waals surface area contributed by atoms with Gasteiger partial charge in [-0.25, -0.2) is 23.4 Å². The maximum absolute atomic E-state index is 14.2. The molecule has 0 radical (unpaired) electrons. The van der Waals surface area contributed by atoms with Crippen LogP contribution in [0.25, 0.3) is 16.6 Å². The molecule has 3 aliphatic rings. The van der Waals surface area contributed by atoms with Crippen molar-refractivity contribution in [2.75, 3.05) is 36.4 Å². The number of anilines is 3. The number of thiazole rings is 1. The second-order valence-electron chi connectivity index (χ2n) is 12.4. The molecule has 5 aromatic rings. The molecule has 12 nitrogen and oxygen atoms in total. The minimum absolute atomic E-state index is 0.0972. The maximum atomic E-state index is 14.2. The zero-order valence-corrected chi connectivity index (χ0v) is 27.6. The molecule has 4 aromatic heterocycles. The summed E-state index contributed by atoms with van der Waals surface area (Å²) in [5.74, 6) is 0.317. The summed E-state index contributed by atoms with van der Waals surface area (Å²) < 4.78 is 33.5. The number of fused-ring (bicyclic) bond motifs is 2. The monoisotopic (exact) mass is 670 g/mol. The SMILES string of the molecule is CC1=C(c2cc3cnc(Nc4ccc(N5CCN6CCCC6C5)cc4)nc3n(Cc3ncoc3S(=O)(=O)c3nccs3)c2=O)CCC1. The Morgan fingerprint density at radius 2 is 1.94 bits per heavy atom. The van der Waals surface area contributed by atoms with Gasteiger partial charge in [-0.05, 0) is 81.5 Å². The number of allylic oxidation sites excluding steroid dienone is 2. The average molecular weight is 671 g/mol. The average Bonchev–Trinajstić information content (AvgIpc) is 3.91. The number of nitrogens with zero attached hydrogens (tertiary/aromatic N) is 7. The molecule has 0 amide bonds. The summed E-state index contributed by atoms with van der Waals surface area (Å²) >= 11 is 0.989. The first-order chi connectivity index (χ1) is 22.8. The molecule has 242 valence electrons. The highest BCUT2D eigenvalue weighted by Gasteiger charge is 2.31. The maximum Gasteiger partial charge on any atom is 0.268 e. The van der Waals surface area contributed by atoms with E-state index < -0.39 is 9.84 Å². The molecule has 2 saturated heterocycles. The van der Waals surface area contributed by atoms with Crippen LogP contribution in [-0.2, 0) is 16.4 Å². The lowest BCUT2D eigenvalue weighted by molar-refractivity contribution is 0.231. The van der Waals surface area contributed by atoms with Crippen LogP contribution in [0.5, 0.6) is 0 Å². The fourth-order valence-corrected chi connectivity index (χ4v) is 9.32. The van der Waals surface area contributed by atoms with E-state index in [2.05, 4.69) is 49.1 Å². The predicted molar refractivity (Wildman–Crippen MR) is 180 cm³/mol. The van der Waals surface area contributed by atoms with Crippen molar-refractivity contribution in [3.8, 4) is 0 Å². The van der Waals surface area contributed by atoms with Crippen LogP contribution >= 0.6 is 11.3 Å². The van der Waals surface area contributed by atoms with E-state index in [1.54, 1.807) is 11.6 Å². The third-order valence-corrected chi connectivity index (χ3v) is 12.4. The van der Waals surface area contributed by atoms with Gasteiger partial charge in [-0.2, -0.15) is 4.98 Å². The number of hydrogen-bond acceptors (Lipinski definition) is 12. The number of hydrogen-bond donors (Lipinski definition) is 1. The van der Waals surface area contributed by atoms with E-state index in [0.29, 0.717) is 28.6 Å². The minimum Gasteiger partial charge on any atom is -0.431 e. The van der Waals surface area contributed by atoms with E-state index >= 15 is 0 Å². The first-order valence-electron chi connectivity index (χ1n) is 15.9. The third kappa shape index (κ3) is 5.53. The van der Waals surface area contributed by atoms with Crippen LogP contribution in [0.4, 0.5) is 17.3 Å². The van der Waals surface area contributed by atoms with Gasteiger partial charge in [-0.3, -0.25) is 14.3 Å². The largest absolute Gasteiger partial charge is 0.431 e. The van der Waals surface area contributed by atoms with Crippen LogP contribution in [0.1, 0.15) is 50.3 Å². The number of sulfone groups is 1. The van der Waals surface area contributed by atoms with Crippen LogP contribution in [0.2, 0.25) is 0 Å². The Bertz CT molecular complexity index is 2160. The van der Waals surface area contributed by atoms with E-state index in [1.807, 2.05) is 18.2 Å². The van der Waals surface area contributed by atoms with E-state index in [0.717, 1.165) is 67.9 Å². The van der Waals surface area contributed by atoms with Gasteiger partial charge in [0.25, 0.3) is 15.4 Å². The Balaban J connectivity index is 1.14. The standard InChI is InChI=1S/C33H34N8O4S2/c1-21-4-2-6-26(21)27-16-22-17-35-32(37-23-7-9-24(10-8-23)40-14-13-39-12-3-5-25(39)18-40)38-29(22)41(30(27)42)19-28-31(45-20-36-28)47(43,44)33-34-11-15-46-33/h7-11,15-17,20,25H,2-6,12-14,18-19H2,1H3,(H,35,37,38). The van der Waals surface area contributed by atoms with Crippen molar-refractivity contribution in [3.05, 3.63) is 81.7 Å². The molecule has 14 heteroatoms. The van der Waals surface area contributed by atoms with Gasteiger partial charge >= 0.3 is 0 Å². The van der Waals surface area contributed by atoms with Gasteiger partial charge in [0.1, 0.15) is 11.3 Å². The lowest BCUT2D eigenvalue weighted by Gasteiger charge is -2.38. The highest BCUT2D eigenvalue weighted by atomic mass is 32.2. The van der Waals surface area contributed by atoms with Gasteiger partial charge < -0.3 is 14.6 Å². The lowest BCUT2D eigenvalue weighted by Crippen LogP contribution is -2.50. The second-order valence-corrected chi connectivity index (χ2v) is 15.3. The molecule has 47 heavy (non-hydrogen) atoms. The summed E-state index contributed by atoms with van der Waals surface area (Å²) in [6.07, 6.45) is 9.45. The summed E-state index contributed by atoms with van der Waals surface area (Å²) in [7, 11) is -4.07. The molecule has 2 aliphatic heterocycles. The van der Waals surface area contributed by atoms with E-state index in [1.165, 1.54) is 41.4 Å². The first-order valence-corrected chi connectivity index (χ1v) is 18.2. The third-order valence-electron chi connectivity index (χ3n) is 9.52. The zero-order valence-electron chi connectivity index (χ0n) is 25.9. The Labute approximate surface area is 275 Å². The fourth-order valence-electron chi connectivity index (χ4n) is 7.11. The van der Waals surface area contributed by atoms with Crippen LogP contribution < -0.4 is 15.8 Å². The lowest BCUT2D eigenvalue weighted by atomic mass is 10.0. The molecule has 6 heterocycles. The Morgan fingerprint density at radius 1 is 1.06 bits per heavy atom. The number of piperazine rings is 1. The highest BCUT2D eigenvalue weighted by molar-refractivity contribution is 7.93. The smallest absolute Gasteiger partial charge is 0.268 e. The minimum atomic E-state index is -4.07. The normalized spacial score (nSPS) is 18.7. The number of rotatable bonds is 8. The molecule has 1 atom stereocenters. The van der Waals surface area contributed by atoms with Crippen molar-refractivity contribution < 1.29 is 12.8 Å². The number of pyridine rings is 1. The number of nitrogens with one attached hydrogen (secondary N) is 1. The quantitative estimate of drug-likeness (QED) is 0.236. The zero-order chi connectivity index (χ0) is 32.1. The number of benzene rings is 1. The molecule has 1 aromatic carbocycles. The van der Waals surface area contributed by atoms with Gasteiger partial charge in [0.05, 0.1) is 6.54 Å². The van der Waals surface area contributed by atoms with Gasteiger partial charge in [0.15, 0.2) is 6.39 Å². The van der Waals surface area contributed by atoms with Crippen LogP contribution in [0.3, 0.4) is 0 Å². The summed E-state index contributed by atoms with van der Waals surface area (Å²) in [5, 5.41) is 5.19. The van der Waals surface area contributed by atoms with Gasteiger partial charge in [0, 0.05) is 65.8 Å². The van der Waals surface area contributed by atoms with E-state index in [4.69, 9.17) is 9.40 Å². The van der Waals surface area contributed by atoms with Crippen molar-refractivity contribution in [1.82, 2.24) is 29.4 Å². The highest BCUT2D eigenvalue weighted by Crippen LogP contribution is 2.34. The Hall–Kier alpha value is -4.40. The Kier molecular flexibility index (Phi) is 7.65. The van der Waals surface area contributed by atoms with Crippen LogP contribution in [0, 0.1) is 0 Å². The van der Waals surface area contributed by atoms with Gasteiger partial charge in [-0.15, -0.1) is 11.3 Å². The summed E-state index contributed by atoms with van der Waals surface area (Å²) in [4.78, 5) is 36.8. The Morgan fingerprint density at radius 3 is 2.72 bits per heavy atom. The second kappa shape index (κ2) is 12.0. The van der Waals surface area contributed by atoms with E-state index in [9.17, 15) is 13.2 Å². The summed E-state index contributed by atoms with van der Waals surface area (Å²) in [6, 6.07) is 10.7. The molecule has 0 bridgehead atoms. The molecule has 1 N–H and O–H groups in total. The molecule has 2 fully saturated rings. The van der Waals surface area contributed by atoms with Crippen molar-refractivity contribution in [1.29, 1.82) is 0 Å². The van der Waals surface area contributed by atoms with Gasteiger partial charge in [0.2, 0.25) is 15.4 Å². The molecular formula is C33H34N8O4S2. The number of aromatic nitrogens is 5.